The lowest BCUT2D eigenvalue weighted by Crippen LogP contribution is -2.30. The highest BCUT2D eigenvalue weighted by atomic mass is 79.9. The first-order valence-electron chi connectivity index (χ1n) is 9.39. The number of amides is 1. The van der Waals surface area contributed by atoms with Crippen LogP contribution in [0.1, 0.15) is 58.5 Å². The number of anilines is 1. The molecule has 2 aromatic heterocycles. The van der Waals surface area contributed by atoms with Crippen LogP contribution < -0.4 is 5.32 Å². The molecule has 1 N–H and O–H groups in total. The average Bonchev–Trinajstić information content (AvgIpc) is 3.24. The van der Waals surface area contributed by atoms with Gasteiger partial charge in [-0.2, -0.15) is 0 Å². The summed E-state index contributed by atoms with van der Waals surface area (Å²) in [7, 11) is 0. The van der Waals surface area contributed by atoms with Gasteiger partial charge in [-0.25, -0.2) is 9.59 Å². The summed E-state index contributed by atoms with van der Waals surface area (Å²) < 4.78 is 15.9. The first-order chi connectivity index (χ1) is 13.8. The van der Waals surface area contributed by atoms with Crippen molar-refractivity contribution in [3.63, 3.8) is 0 Å². The molecule has 0 aromatic carbocycles. The van der Waals surface area contributed by atoms with E-state index in [0.29, 0.717) is 21.2 Å². The van der Waals surface area contributed by atoms with Crippen molar-refractivity contribution in [2.45, 2.75) is 46.1 Å². The third-order valence-electron chi connectivity index (χ3n) is 4.66. The fourth-order valence-corrected chi connectivity index (χ4v) is 4.88. The molecule has 2 heterocycles. The number of carbonyl (C=O) groups is 3. The van der Waals surface area contributed by atoms with Gasteiger partial charge in [-0.1, -0.05) is 6.92 Å². The SMILES string of the molecule is CCOC(=O)c1c(NC(=O)[C@H](C)OC(=O)c2ccc(Br)o2)sc2c1CC[C@@H](C)C2. The smallest absolute Gasteiger partial charge is 0.375 e. The summed E-state index contributed by atoms with van der Waals surface area (Å²) in [4.78, 5) is 38.3. The molecule has 0 saturated carbocycles. The lowest BCUT2D eigenvalue weighted by molar-refractivity contribution is -0.123. The molecule has 0 bridgehead atoms. The second-order valence-corrected chi connectivity index (χ2v) is 8.80. The molecular weight excluding hydrogens is 462 g/mol. The highest BCUT2D eigenvalue weighted by molar-refractivity contribution is 9.10. The Bertz CT molecular complexity index is 934. The Morgan fingerprint density at radius 1 is 1.34 bits per heavy atom. The first-order valence-corrected chi connectivity index (χ1v) is 11.0. The van der Waals surface area contributed by atoms with E-state index in [-0.39, 0.29) is 12.4 Å². The highest BCUT2D eigenvalue weighted by Crippen LogP contribution is 2.40. The number of fused-ring (bicyclic) bond motifs is 1. The van der Waals surface area contributed by atoms with Gasteiger partial charge in [-0.15, -0.1) is 11.3 Å². The van der Waals surface area contributed by atoms with Crippen molar-refractivity contribution in [3.8, 4) is 0 Å². The Labute approximate surface area is 180 Å². The number of thiophene rings is 1. The second-order valence-electron chi connectivity index (χ2n) is 6.92. The molecule has 29 heavy (non-hydrogen) atoms. The van der Waals surface area contributed by atoms with Crippen LogP contribution in [0, 0.1) is 5.92 Å². The van der Waals surface area contributed by atoms with Crippen molar-refractivity contribution in [2.24, 2.45) is 5.92 Å². The zero-order valence-corrected chi connectivity index (χ0v) is 18.8. The molecule has 0 saturated heterocycles. The number of nitrogens with one attached hydrogen (secondary N) is 1. The zero-order valence-electron chi connectivity index (χ0n) is 16.4. The molecular formula is C20H22BrNO6S. The number of halogens is 1. The van der Waals surface area contributed by atoms with Gasteiger partial charge in [-0.3, -0.25) is 4.79 Å². The van der Waals surface area contributed by atoms with Gasteiger partial charge < -0.3 is 19.2 Å². The zero-order chi connectivity index (χ0) is 21.1. The maximum absolute atomic E-state index is 12.6. The van der Waals surface area contributed by atoms with Crippen molar-refractivity contribution in [1.82, 2.24) is 0 Å². The largest absolute Gasteiger partial charge is 0.462 e. The van der Waals surface area contributed by atoms with E-state index in [1.54, 1.807) is 13.0 Å². The van der Waals surface area contributed by atoms with E-state index in [1.807, 2.05) is 0 Å². The van der Waals surface area contributed by atoms with Crippen molar-refractivity contribution in [3.05, 3.63) is 38.6 Å². The van der Waals surface area contributed by atoms with Crippen molar-refractivity contribution in [1.29, 1.82) is 0 Å². The molecule has 156 valence electrons. The van der Waals surface area contributed by atoms with Crippen LogP contribution in [-0.4, -0.2) is 30.6 Å². The van der Waals surface area contributed by atoms with Gasteiger partial charge in [0.1, 0.15) is 5.00 Å². The van der Waals surface area contributed by atoms with E-state index in [2.05, 4.69) is 28.2 Å². The molecule has 0 radical (unpaired) electrons. The van der Waals surface area contributed by atoms with Crippen LogP contribution in [-0.2, 0) is 27.1 Å². The molecule has 2 atom stereocenters. The van der Waals surface area contributed by atoms with Crippen molar-refractivity contribution in [2.75, 3.05) is 11.9 Å². The molecule has 2 aromatic rings. The molecule has 9 heteroatoms. The number of carbonyl (C=O) groups excluding carboxylic acids is 3. The minimum atomic E-state index is -1.07. The fourth-order valence-electron chi connectivity index (χ4n) is 3.17. The summed E-state index contributed by atoms with van der Waals surface area (Å²) in [6.45, 7) is 5.62. The van der Waals surface area contributed by atoms with Crippen LogP contribution in [0.25, 0.3) is 0 Å². The maximum Gasteiger partial charge on any atom is 0.375 e. The number of furan rings is 1. The third kappa shape index (κ3) is 4.90. The number of hydrogen-bond donors (Lipinski definition) is 1. The summed E-state index contributed by atoms with van der Waals surface area (Å²) in [5.74, 6) is -1.21. The minimum absolute atomic E-state index is 0.00990. The number of ether oxygens (including phenoxy) is 2. The summed E-state index contributed by atoms with van der Waals surface area (Å²) in [5, 5.41) is 3.19. The quantitative estimate of drug-likeness (QED) is 0.603. The topological polar surface area (TPSA) is 94.8 Å². The molecule has 0 aliphatic heterocycles. The van der Waals surface area contributed by atoms with Gasteiger partial charge in [0.05, 0.1) is 12.2 Å². The van der Waals surface area contributed by atoms with Crippen LogP contribution in [0.4, 0.5) is 5.00 Å². The van der Waals surface area contributed by atoms with E-state index < -0.39 is 23.9 Å². The summed E-state index contributed by atoms with van der Waals surface area (Å²) in [6.07, 6.45) is 1.55. The fraction of sp³-hybridized carbons (Fsp3) is 0.450. The molecule has 1 aliphatic rings. The third-order valence-corrected chi connectivity index (χ3v) is 6.25. The van der Waals surface area contributed by atoms with E-state index in [0.717, 1.165) is 29.7 Å². The predicted octanol–water partition coefficient (Wildman–Crippen LogP) is 4.59. The minimum Gasteiger partial charge on any atom is -0.462 e. The van der Waals surface area contributed by atoms with Crippen LogP contribution in [0.15, 0.2) is 21.2 Å². The molecule has 0 spiro atoms. The van der Waals surface area contributed by atoms with Gasteiger partial charge in [0.15, 0.2) is 10.8 Å². The Morgan fingerprint density at radius 2 is 2.10 bits per heavy atom. The summed E-state index contributed by atoms with van der Waals surface area (Å²) in [6, 6.07) is 3.01. The molecule has 3 rings (SSSR count). The van der Waals surface area contributed by atoms with Crippen LogP contribution in [0.5, 0.6) is 0 Å². The number of esters is 2. The Hall–Kier alpha value is -2.13. The Morgan fingerprint density at radius 3 is 2.76 bits per heavy atom. The average molecular weight is 484 g/mol. The Balaban J connectivity index is 1.76. The maximum atomic E-state index is 12.6. The van der Waals surface area contributed by atoms with Gasteiger partial charge >= 0.3 is 11.9 Å². The van der Waals surface area contributed by atoms with E-state index in [9.17, 15) is 14.4 Å². The van der Waals surface area contributed by atoms with Gasteiger partial charge in [0.25, 0.3) is 5.91 Å². The van der Waals surface area contributed by atoms with E-state index in [4.69, 9.17) is 13.9 Å². The molecule has 0 fully saturated rings. The summed E-state index contributed by atoms with van der Waals surface area (Å²) >= 11 is 4.50. The Kier molecular flexibility index (Phi) is 6.79. The van der Waals surface area contributed by atoms with Crippen LogP contribution >= 0.6 is 27.3 Å². The standard InChI is InChI=1S/C20H22BrNO6S/c1-4-26-20(25)16-12-6-5-10(2)9-14(12)29-18(16)22-17(23)11(3)27-19(24)13-7-8-15(21)28-13/h7-8,10-11H,4-6,9H2,1-3H3,(H,22,23)/t10-,11+/m1/s1. The van der Waals surface area contributed by atoms with Crippen LogP contribution in [0.2, 0.25) is 0 Å². The highest BCUT2D eigenvalue weighted by Gasteiger charge is 2.30. The van der Waals surface area contributed by atoms with E-state index in [1.165, 1.54) is 24.3 Å². The van der Waals surface area contributed by atoms with Gasteiger partial charge in [0, 0.05) is 4.88 Å². The normalized spacial score (nSPS) is 16.6. The monoisotopic (exact) mass is 483 g/mol. The van der Waals surface area contributed by atoms with Gasteiger partial charge in [0.2, 0.25) is 5.76 Å². The van der Waals surface area contributed by atoms with Gasteiger partial charge in [-0.05, 0) is 72.7 Å². The van der Waals surface area contributed by atoms with Crippen molar-refractivity contribution >= 4 is 50.1 Å². The predicted molar refractivity (Wildman–Crippen MR) is 111 cm³/mol. The molecule has 1 aliphatic carbocycles. The first kappa shape index (κ1) is 21.6. The number of hydrogen-bond acceptors (Lipinski definition) is 7. The van der Waals surface area contributed by atoms with Crippen molar-refractivity contribution < 1.29 is 28.3 Å². The summed E-state index contributed by atoms with van der Waals surface area (Å²) in [5.41, 5.74) is 1.37. The van der Waals surface area contributed by atoms with E-state index >= 15 is 0 Å². The molecule has 0 unspecified atom stereocenters. The van der Waals surface area contributed by atoms with Crippen LogP contribution in [0.3, 0.4) is 0 Å². The number of rotatable bonds is 6. The lowest BCUT2D eigenvalue weighted by Gasteiger charge is -2.18. The lowest BCUT2D eigenvalue weighted by atomic mass is 9.88. The molecule has 1 amide bonds. The molecule has 7 nitrogen and oxygen atoms in total. The second kappa shape index (κ2) is 9.13.